The van der Waals surface area contributed by atoms with Crippen molar-refractivity contribution < 1.29 is 23.1 Å². The zero-order valence-corrected chi connectivity index (χ0v) is 11.2. The number of phenolic OH excluding ortho intramolecular Hbond substituents is 1. The van der Waals surface area contributed by atoms with Gasteiger partial charge in [0, 0.05) is 0 Å². The molecule has 2 N–H and O–H groups in total. The Balaban J connectivity index is 2.26. The van der Waals surface area contributed by atoms with Crippen LogP contribution in [0.4, 0.5) is 18.9 Å². The minimum Gasteiger partial charge on any atom is -0.507 e. The van der Waals surface area contributed by atoms with E-state index in [2.05, 4.69) is 5.32 Å². The number of hydrogen-bond acceptors (Lipinski definition) is 2. The first-order valence-corrected chi connectivity index (χ1v) is 6.13. The van der Waals surface area contributed by atoms with Crippen molar-refractivity contribution in [3.63, 3.8) is 0 Å². The van der Waals surface area contributed by atoms with Crippen LogP contribution in [0.25, 0.3) is 0 Å². The molecule has 2 rings (SSSR count). The van der Waals surface area contributed by atoms with E-state index in [0.717, 1.165) is 12.1 Å². The third kappa shape index (κ3) is 3.46. The highest BCUT2D eigenvalue weighted by molar-refractivity contribution is 6.33. The molecule has 0 saturated carbocycles. The normalized spacial score (nSPS) is 11.2. The molecule has 0 unspecified atom stereocenters. The smallest absolute Gasteiger partial charge is 0.416 e. The molecule has 21 heavy (non-hydrogen) atoms. The Morgan fingerprint density at radius 1 is 1.14 bits per heavy atom. The Bertz CT molecular complexity index is 686. The van der Waals surface area contributed by atoms with Crippen molar-refractivity contribution in [1.29, 1.82) is 0 Å². The molecule has 110 valence electrons. The highest BCUT2D eigenvalue weighted by atomic mass is 35.5. The summed E-state index contributed by atoms with van der Waals surface area (Å²) < 4.78 is 37.4. The fraction of sp³-hybridized carbons (Fsp3) is 0.0714. The molecule has 3 nitrogen and oxygen atoms in total. The van der Waals surface area contributed by atoms with Crippen molar-refractivity contribution in [3.05, 3.63) is 58.6 Å². The zero-order chi connectivity index (χ0) is 15.6. The van der Waals surface area contributed by atoms with E-state index in [9.17, 15) is 23.1 Å². The number of para-hydroxylation sites is 1. The molecule has 0 fully saturated rings. The number of nitrogens with one attached hydrogen (secondary N) is 1. The van der Waals surface area contributed by atoms with Crippen LogP contribution < -0.4 is 5.32 Å². The van der Waals surface area contributed by atoms with Gasteiger partial charge in [0.05, 0.1) is 21.8 Å². The molecule has 0 heterocycles. The number of benzene rings is 2. The highest BCUT2D eigenvalue weighted by Gasteiger charge is 2.31. The zero-order valence-electron chi connectivity index (χ0n) is 10.4. The second-order valence-corrected chi connectivity index (χ2v) is 4.57. The first-order chi connectivity index (χ1) is 9.79. The van der Waals surface area contributed by atoms with Crippen molar-refractivity contribution in [2.75, 3.05) is 5.32 Å². The van der Waals surface area contributed by atoms with Crippen molar-refractivity contribution in [3.8, 4) is 5.75 Å². The number of carbonyl (C=O) groups is 1. The van der Waals surface area contributed by atoms with E-state index in [1.54, 1.807) is 18.2 Å². The number of amides is 1. The summed E-state index contributed by atoms with van der Waals surface area (Å²) >= 11 is 5.85. The van der Waals surface area contributed by atoms with Gasteiger partial charge in [0.15, 0.2) is 0 Å². The van der Waals surface area contributed by atoms with E-state index in [0.29, 0.717) is 11.8 Å². The fourth-order valence-electron chi connectivity index (χ4n) is 1.65. The molecule has 0 aliphatic heterocycles. The molecule has 0 aliphatic rings. The van der Waals surface area contributed by atoms with Gasteiger partial charge in [0.25, 0.3) is 5.91 Å². The van der Waals surface area contributed by atoms with Gasteiger partial charge < -0.3 is 10.4 Å². The Hall–Kier alpha value is -2.21. The SMILES string of the molecule is O=C(Nc1ccccc1Cl)c1ccc(C(F)(F)F)cc1O. The number of halogens is 4. The third-order valence-electron chi connectivity index (χ3n) is 2.69. The molecule has 2 aromatic rings. The van der Waals surface area contributed by atoms with E-state index >= 15 is 0 Å². The van der Waals surface area contributed by atoms with Crippen molar-refractivity contribution >= 4 is 23.2 Å². The molecule has 1 amide bonds. The van der Waals surface area contributed by atoms with Crippen LogP contribution >= 0.6 is 11.6 Å². The van der Waals surface area contributed by atoms with Crippen LogP contribution in [-0.4, -0.2) is 11.0 Å². The van der Waals surface area contributed by atoms with E-state index < -0.39 is 23.4 Å². The Kier molecular flexibility index (Phi) is 4.09. The van der Waals surface area contributed by atoms with Gasteiger partial charge >= 0.3 is 6.18 Å². The van der Waals surface area contributed by atoms with Crippen LogP contribution in [0.15, 0.2) is 42.5 Å². The standard InChI is InChI=1S/C14H9ClF3NO2/c15-10-3-1-2-4-11(10)19-13(21)9-6-5-8(7-12(9)20)14(16,17)18/h1-7,20H,(H,19,21). The van der Waals surface area contributed by atoms with Crippen LogP contribution in [0.3, 0.4) is 0 Å². The fourth-order valence-corrected chi connectivity index (χ4v) is 1.84. The van der Waals surface area contributed by atoms with E-state index in [4.69, 9.17) is 11.6 Å². The topological polar surface area (TPSA) is 49.3 Å². The van der Waals surface area contributed by atoms with Crippen molar-refractivity contribution in [2.24, 2.45) is 0 Å². The molecule has 0 aliphatic carbocycles. The molecule has 0 radical (unpaired) electrons. The second-order valence-electron chi connectivity index (χ2n) is 4.16. The number of rotatable bonds is 2. The monoisotopic (exact) mass is 315 g/mol. The summed E-state index contributed by atoms with van der Waals surface area (Å²) in [4.78, 5) is 11.9. The minimum atomic E-state index is -4.59. The van der Waals surface area contributed by atoms with Gasteiger partial charge in [0.1, 0.15) is 5.75 Å². The average Bonchev–Trinajstić information content (AvgIpc) is 2.40. The maximum atomic E-state index is 12.5. The summed E-state index contributed by atoms with van der Waals surface area (Å²) in [5.74, 6) is -1.51. The van der Waals surface area contributed by atoms with Crippen LogP contribution in [0, 0.1) is 0 Å². The lowest BCUT2D eigenvalue weighted by atomic mass is 10.1. The molecule has 0 aromatic heterocycles. The Morgan fingerprint density at radius 2 is 1.81 bits per heavy atom. The summed E-state index contributed by atoms with van der Waals surface area (Å²) in [5, 5.41) is 12.3. The molecule has 7 heteroatoms. The summed E-state index contributed by atoms with van der Waals surface area (Å²) in [6, 6.07) is 8.50. The predicted molar refractivity (Wildman–Crippen MR) is 72.5 cm³/mol. The largest absolute Gasteiger partial charge is 0.507 e. The number of hydrogen-bond donors (Lipinski definition) is 2. The van der Waals surface area contributed by atoms with Gasteiger partial charge in [-0.25, -0.2) is 0 Å². The van der Waals surface area contributed by atoms with Crippen LogP contribution in [-0.2, 0) is 6.18 Å². The maximum Gasteiger partial charge on any atom is 0.416 e. The van der Waals surface area contributed by atoms with Gasteiger partial charge in [0.2, 0.25) is 0 Å². The molecule has 0 bridgehead atoms. The van der Waals surface area contributed by atoms with Crippen LogP contribution in [0.1, 0.15) is 15.9 Å². The first kappa shape index (κ1) is 15.2. The van der Waals surface area contributed by atoms with E-state index in [1.165, 1.54) is 6.07 Å². The number of alkyl halides is 3. The Morgan fingerprint density at radius 3 is 2.38 bits per heavy atom. The number of anilines is 1. The molecule has 0 saturated heterocycles. The van der Waals surface area contributed by atoms with Crippen molar-refractivity contribution in [1.82, 2.24) is 0 Å². The molecular weight excluding hydrogens is 307 g/mol. The first-order valence-electron chi connectivity index (χ1n) is 5.75. The molecule has 2 aromatic carbocycles. The number of phenols is 1. The van der Waals surface area contributed by atoms with Crippen LogP contribution in [0.5, 0.6) is 5.75 Å². The van der Waals surface area contributed by atoms with Gasteiger partial charge in [-0.1, -0.05) is 23.7 Å². The van der Waals surface area contributed by atoms with Gasteiger partial charge in [-0.05, 0) is 30.3 Å². The molecule has 0 atom stereocenters. The van der Waals surface area contributed by atoms with Crippen molar-refractivity contribution in [2.45, 2.75) is 6.18 Å². The lowest BCUT2D eigenvalue weighted by Crippen LogP contribution is -2.13. The van der Waals surface area contributed by atoms with E-state index in [1.807, 2.05) is 0 Å². The predicted octanol–water partition coefficient (Wildman–Crippen LogP) is 4.32. The Labute approximate surface area is 123 Å². The summed E-state index contributed by atoms with van der Waals surface area (Å²) in [6.45, 7) is 0. The number of aromatic hydroxyl groups is 1. The summed E-state index contributed by atoms with van der Waals surface area (Å²) in [5.41, 5.74) is -1.01. The second kappa shape index (κ2) is 5.65. The van der Waals surface area contributed by atoms with Gasteiger partial charge in [-0.3, -0.25) is 4.79 Å². The maximum absolute atomic E-state index is 12.5. The summed E-state index contributed by atoms with van der Waals surface area (Å²) in [7, 11) is 0. The third-order valence-corrected chi connectivity index (χ3v) is 3.02. The summed E-state index contributed by atoms with van der Waals surface area (Å²) in [6.07, 6.45) is -4.59. The molecule has 0 spiro atoms. The lowest BCUT2D eigenvalue weighted by Gasteiger charge is -2.11. The quantitative estimate of drug-likeness (QED) is 0.867. The number of carbonyl (C=O) groups excluding carboxylic acids is 1. The van der Waals surface area contributed by atoms with Crippen LogP contribution in [0.2, 0.25) is 5.02 Å². The van der Waals surface area contributed by atoms with Gasteiger partial charge in [-0.2, -0.15) is 13.2 Å². The molecular formula is C14H9ClF3NO2. The lowest BCUT2D eigenvalue weighted by molar-refractivity contribution is -0.137. The van der Waals surface area contributed by atoms with E-state index in [-0.39, 0.29) is 10.6 Å². The minimum absolute atomic E-state index is 0.275. The highest BCUT2D eigenvalue weighted by Crippen LogP contribution is 2.33. The van der Waals surface area contributed by atoms with Gasteiger partial charge in [-0.15, -0.1) is 0 Å². The average molecular weight is 316 g/mol.